The van der Waals surface area contributed by atoms with Crippen LogP contribution in [-0.2, 0) is 15.7 Å². The fourth-order valence-electron chi connectivity index (χ4n) is 4.17. The molecule has 2 aromatic carbocycles. The van der Waals surface area contributed by atoms with Gasteiger partial charge in [0, 0.05) is 5.69 Å². The van der Waals surface area contributed by atoms with Crippen molar-refractivity contribution < 1.29 is 23.7 Å². The number of ether oxygens (including phenoxy) is 1. The minimum absolute atomic E-state index is 0.0374. The predicted octanol–water partition coefficient (Wildman–Crippen LogP) is 5.94. The standard InChI is InChI=1S/C31H45BNO5Si/c1-29(2,3)39(8,9)37-20-24-25(32-38-31(6,7)30(4,5)35)11-10-12-26(24)33-17-18-36-27-19-22(21-13-14-21)15-16-23(27)28(33)34/h10-12,15-16,19,21,35H,13-14,17-18,20H2,1-9H3. The summed E-state index contributed by atoms with van der Waals surface area (Å²) < 4.78 is 18.9. The maximum atomic E-state index is 13.9. The van der Waals surface area contributed by atoms with E-state index >= 15 is 0 Å². The average Bonchev–Trinajstić information content (AvgIpc) is 3.68. The van der Waals surface area contributed by atoms with Crippen molar-refractivity contribution >= 4 is 32.9 Å². The van der Waals surface area contributed by atoms with Gasteiger partial charge in [-0.05, 0) is 99.4 Å². The molecule has 1 aliphatic carbocycles. The molecule has 0 atom stereocenters. The van der Waals surface area contributed by atoms with Gasteiger partial charge in [0.15, 0.2) is 8.32 Å². The Morgan fingerprint density at radius 1 is 1.08 bits per heavy atom. The minimum Gasteiger partial charge on any atom is -0.491 e. The van der Waals surface area contributed by atoms with Crippen molar-refractivity contribution in [1.29, 1.82) is 0 Å². The molecule has 0 saturated heterocycles. The summed E-state index contributed by atoms with van der Waals surface area (Å²) in [5.74, 6) is 1.19. The first-order valence-electron chi connectivity index (χ1n) is 14.1. The van der Waals surface area contributed by atoms with Gasteiger partial charge in [-0.1, -0.05) is 39.0 Å². The second-order valence-electron chi connectivity index (χ2n) is 13.5. The maximum absolute atomic E-state index is 13.9. The summed E-state index contributed by atoms with van der Waals surface area (Å²) in [6, 6.07) is 11.9. The van der Waals surface area contributed by atoms with Crippen molar-refractivity contribution in [2.75, 3.05) is 18.1 Å². The topological polar surface area (TPSA) is 68.2 Å². The molecule has 2 aromatic rings. The Balaban J connectivity index is 1.71. The summed E-state index contributed by atoms with van der Waals surface area (Å²) in [6.45, 7) is 19.5. The molecule has 8 heteroatoms. The molecule has 211 valence electrons. The number of nitrogens with zero attached hydrogens (tertiary/aromatic N) is 1. The van der Waals surface area contributed by atoms with Crippen LogP contribution in [0.2, 0.25) is 18.1 Å². The molecule has 1 amide bonds. The Morgan fingerprint density at radius 2 is 1.77 bits per heavy atom. The van der Waals surface area contributed by atoms with E-state index in [0.717, 1.165) is 16.7 Å². The molecular formula is C31H45BNO5Si. The zero-order valence-electron chi connectivity index (χ0n) is 25.2. The van der Waals surface area contributed by atoms with E-state index < -0.39 is 19.5 Å². The zero-order valence-corrected chi connectivity index (χ0v) is 26.2. The van der Waals surface area contributed by atoms with Crippen molar-refractivity contribution in [3.05, 3.63) is 53.1 Å². The molecule has 2 aliphatic rings. The third-order valence-electron chi connectivity index (χ3n) is 8.92. The summed E-state index contributed by atoms with van der Waals surface area (Å²) in [6.07, 6.45) is 2.40. The summed E-state index contributed by atoms with van der Waals surface area (Å²) in [7, 11) is -0.396. The van der Waals surface area contributed by atoms with Crippen LogP contribution >= 0.6 is 0 Å². The largest absolute Gasteiger partial charge is 0.491 e. The van der Waals surface area contributed by atoms with Crippen LogP contribution in [0.5, 0.6) is 5.75 Å². The van der Waals surface area contributed by atoms with Crippen LogP contribution in [0.4, 0.5) is 5.69 Å². The van der Waals surface area contributed by atoms with E-state index in [-0.39, 0.29) is 10.9 Å². The number of amides is 1. The highest BCUT2D eigenvalue weighted by Gasteiger charge is 2.39. The van der Waals surface area contributed by atoms with Crippen LogP contribution in [-0.4, -0.2) is 51.2 Å². The minimum atomic E-state index is -2.09. The molecule has 0 bridgehead atoms. The fraction of sp³-hybridized carbons (Fsp3) is 0.581. The van der Waals surface area contributed by atoms with Crippen LogP contribution in [0.1, 0.15) is 88.7 Å². The number of aliphatic hydroxyl groups is 1. The number of hydrogen-bond donors (Lipinski definition) is 1. The van der Waals surface area contributed by atoms with Crippen molar-refractivity contribution in [3.8, 4) is 5.75 Å². The first kappa shape index (κ1) is 29.8. The molecule has 6 nitrogen and oxygen atoms in total. The van der Waals surface area contributed by atoms with E-state index in [1.807, 2.05) is 49.1 Å². The van der Waals surface area contributed by atoms with Crippen molar-refractivity contribution in [1.82, 2.24) is 0 Å². The van der Waals surface area contributed by atoms with Crippen molar-refractivity contribution in [2.24, 2.45) is 0 Å². The molecule has 1 radical (unpaired) electrons. The van der Waals surface area contributed by atoms with Gasteiger partial charge >= 0.3 is 7.48 Å². The normalized spacial score (nSPS) is 17.0. The quantitative estimate of drug-likeness (QED) is 0.392. The number of anilines is 1. The molecule has 1 fully saturated rings. The predicted molar refractivity (Wildman–Crippen MR) is 161 cm³/mol. The lowest BCUT2D eigenvalue weighted by atomic mass is 9.79. The third kappa shape index (κ3) is 6.45. The Morgan fingerprint density at radius 3 is 2.38 bits per heavy atom. The van der Waals surface area contributed by atoms with Gasteiger partial charge in [0.25, 0.3) is 5.91 Å². The molecule has 1 aliphatic heterocycles. The SMILES string of the molecule is CC(C)(O)C(C)(C)O[B]c1cccc(N2CCOc3cc(C4CC4)ccc3C2=O)c1CO[Si](C)(C)C(C)(C)C. The molecular weight excluding hydrogens is 505 g/mol. The van der Waals surface area contributed by atoms with Gasteiger partial charge < -0.3 is 23.8 Å². The summed E-state index contributed by atoms with van der Waals surface area (Å²) in [4.78, 5) is 15.8. The number of carbonyl (C=O) groups is 1. The monoisotopic (exact) mass is 550 g/mol. The van der Waals surface area contributed by atoms with E-state index in [1.54, 1.807) is 21.3 Å². The Kier molecular flexibility index (Phi) is 8.18. The molecule has 1 heterocycles. The fourth-order valence-corrected chi connectivity index (χ4v) is 5.10. The van der Waals surface area contributed by atoms with Gasteiger partial charge in [-0.15, -0.1) is 0 Å². The Hall–Kier alpha value is -2.13. The van der Waals surface area contributed by atoms with E-state index in [9.17, 15) is 9.90 Å². The van der Waals surface area contributed by atoms with Gasteiger partial charge in [0.1, 0.15) is 12.4 Å². The number of carbonyl (C=O) groups excluding carboxylic acids is 1. The molecule has 0 unspecified atom stereocenters. The van der Waals surface area contributed by atoms with Gasteiger partial charge in [-0.2, -0.15) is 0 Å². The number of fused-ring (bicyclic) bond motifs is 1. The molecule has 0 aromatic heterocycles. The second kappa shape index (κ2) is 10.7. The lowest BCUT2D eigenvalue weighted by Gasteiger charge is -2.38. The van der Waals surface area contributed by atoms with E-state index in [2.05, 4.69) is 39.9 Å². The van der Waals surface area contributed by atoms with Crippen LogP contribution in [0.25, 0.3) is 0 Å². The van der Waals surface area contributed by atoms with Crippen molar-refractivity contribution in [2.45, 2.75) is 103 Å². The first-order chi connectivity index (χ1) is 18.0. The summed E-state index contributed by atoms with van der Waals surface area (Å²) in [5, 5.41) is 10.7. The van der Waals surface area contributed by atoms with Gasteiger partial charge in [-0.3, -0.25) is 4.79 Å². The summed E-state index contributed by atoms with van der Waals surface area (Å²) >= 11 is 0. The third-order valence-corrected chi connectivity index (χ3v) is 13.4. The van der Waals surface area contributed by atoms with Gasteiger partial charge in [0.05, 0.1) is 29.9 Å². The maximum Gasteiger partial charge on any atom is 0.331 e. The van der Waals surface area contributed by atoms with Crippen LogP contribution in [0.3, 0.4) is 0 Å². The highest BCUT2D eigenvalue weighted by atomic mass is 28.4. The second-order valence-corrected chi connectivity index (χ2v) is 18.3. The molecule has 0 spiro atoms. The lowest BCUT2D eigenvalue weighted by molar-refractivity contribution is -0.0893. The van der Waals surface area contributed by atoms with E-state index in [0.29, 0.717) is 37.0 Å². The number of hydrogen-bond acceptors (Lipinski definition) is 5. The molecule has 1 saturated carbocycles. The number of benzene rings is 2. The van der Waals surface area contributed by atoms with Crippen LogP contribution in [0, 0.1) is 0 Å². The van der Waals surface area contributed by atoms with Crippen LogP contribution in [0.15, 0.2) is 36.4 Å². The van der Waals surface area contributed by atoms with Crippen molar-refractivity contribution in [3.63, 3.8) is 0 Å². The smallest absolute Gasteiger partial charge is 0.331 e. The van der Waals surface area contributed by atoms with Gasteiger partial charge in [0.2, 0.25) is 0 Å². The zero-order chi connectivity index (χ0) is 28.8. The molecule has 4 rings (SSSR count). The molecule has 1 N–H and O–H groups in total. The van der Waals surface area contributed by atoms with E-state index in [4.69, 9.17) is 13.8 Å². The highest BCUT2D eigenvalue weighted by Crippen LogP contribution is 2.42. The average molecular weight is 551 g/mol. The number of rotatable bonds is 9. The Labute approximate surface area is 236 Å². The van der Waals surface area contributed by atoms with E-state index in [1.165, 1.54) is 18.4 Å². The van der Waals surface area contributed by atoms with Crippen LogP contribution < -0.4 is 15.1 Å². The summed E-state index contributed by atoms with van der Waals surface area (Å²) in [5.41, 5.74) is 2.46. The van der Waals surface area contributed by atoms with Gasteiger partial charge in [-0.25, -0.2) is 0 Å². The lowest BCUT2D eigenvalue weighted by Crippen LogP contribution is -2.49. The Bertz CT molecular complexity index is 1210. The first-order valence-corrected chi connectivity index (χ1v) is 17.0. The highest BCUT2D eigenvalue weighted by molar-refractivity contribution is 6.74. The molecule has 39 heavy (non-hydrogen) atoms.